The first-order chi connectivity index (χ1) is 9.24. The molecule has 2 heterocycles. The van der Waals surface area contributed by atoms with Crippen molar-refractivity contribution in [2.75, 3.05) is 5.73 Å². The lowest BCUT2D eigenvalue weighted by Gasteiger charge is -2.00. The highest BCUT2D eigenvalue weighted by molar-refractivity contribution is 5.52. The first-order valence-corrected chi connectivity index (χ1v) is 5.95. The summed E-state index contributed by atoms with van der Waals surface area (Å²) in [5.74, 6) is 0.880. The molecule has 94 valence electrons. The molecule has 0 unspecified atom stereocenters. The minimum Gasteiger partial charge on any atom is -0.368 e. The molecule has 2 N–H and O–H groups in total. The van der Waals surface area contributed by atoms with Gasteiger partial charge < -0.3 is 5.73 Å². The second kappa shape index (κ2) is 4.53. The Kier molecular flexibility index (Phi) is 2.72. The summed E-state index contributed by atoms with van der Waals surface area (Å²) in [5.41, 5.74) is 8.59. The normalized spacial score (nSPS) is 10.6. The number of anilines is 1. The van der Waals surface area contributed by atoms with E-state index >= 15 is 0 Å². The van der Waals surface area contributed by atoms with Crippen LogP contribution in [0.15, 0.2) is 48.7 Å². The fraction of sp³-hybridized carbons (Fsp3) is 0.0714. The van der Waals surface area contributed by atoms with Crippen molar-refractivity contribution in [2.45, 2.75) is 6.92 Å². The number of hydrogen-bond acceptors (Lipinski definition) is 4. The van der Waals surface area contributed by atoms with Crippen LogP contribution in [-0.4, -0.2) is 19.7 Å². The van der Waals surface area contributed by atoms with E-state index in [1.165, 1.54) is 0 Å². The van der Waals surface area contributed by atoms with Gasteiger partial charge in [-0.05, 0) is 30.7 Å². The second-order valence-corrected chi connectivity index (χ2v) is 4.26. The molecule has 0 fully saturated rings. The maximum Gasteiger partial charge on any atom is 0.223 e. The molecule has 0 aliphatic heterocycles. The number of rotatable bonds is 2. The van der Waals surface area contributed by atoms with Crippen LogP contribution in [0.3, 0.4) is 0 Å². The SMILES string of the molecule is Cc1ccc(-c2nc(N)n(-c3ccccc3)n2)nc1. The van der Waals surface area contributed by atoms with Crippen molar-refractivity contribution in [1.82, 2.24) is 19.7 Å². The van der Waals surface area contributed by atoms with E-state index in [4.69, 9.17) is 5.73 Å². The molecule has 0 saturated heterocycles. The molecule has 0 saturated carbocycles. The van der Waals surface area contributed by atoms with Gasteiger partial charge in [0.05, 0.1) is 5.69 Å². The quantitative estimate of drug-likeness (QED) is 0.758. The van der Waals surface area contributed by atoms with Gasteiger partial charge in [-0.3, -0.25) is 4.98 Å². The van der Waals surface area contributed by atoms with Crippen LogP contribution in [0.4, 0.5) is 5.95 Å². The highest BCUT2D eigenvalue weighted by Crippen LogP contribution is 2.17. The maximum absolute atomic E-state index is 5.90. The average Bonchev–Trinajstić information content (AvgIpc) is 2.83. The zero-order valence-electron chi connectivity index (χ0n) is 10.5. The summed E-state index contributed by atoms with van der Waals surface area (Å²) >= 11 is 0. The number of nitrogen functional groups attached to an aromatic ring is 1. The second-order valence-electron chi connectivity index (χ2n) is 4.26. The van der Waals surface area contributed by atoms with Crippen LogP contribution in [0.1, 0.15) is 5.56 Å². The van der Waals surface area contributed by atoms with Gasteiger partial charge in [-0.1, -0.05) is 24.3 Å². The number of nitrogens with two attached hydrogens (primary N) is 1. The number of aryl methyl sites for hydroxylation is 1. The molecule has 0 atom stereocenters. The Hall–Kier alpha value is -2.69. The van der Waals surface area contributed by atoms with Crippen LogP contribution in [0.25, 0.3) is 17.2 Å². The first kappa shape index (κ1) is 11.4. The molecule has 5 heteroatoms. The summed E-state index contributed by atoms with van der Waals surface area (Å²) in [4.78, 5) is 8.56. The van der Waals surface area contributed by atoms with E-state index in [9.17, 15) is 0 Å². The van der Waals surface area contributed by atoms with E-state index in [2.05, 4.69) is 15.1 Å². The monoisotopic (exact) mass is 251 g/mol. The topological polar surface area (TPSA) is 69.6 Å². The Labute approximate surface area is 110 Å². The van der Waals surface area contributed by atoms with Crippen molar-refractivity contribution in [3.8, 4) is 17.2 Å². The average molecular weight is 251 g/mol. The molecular weight excluding hydrogens is 238 g/mol. The van der Waals surface area contributed by atoms with Crippen molar-refractivity contribution >= 4 is 5.95 Å². The Bertz CT molecular complexity index is 686. The molecule has 0 amide bonds. The summed E-state index contributed by atoms with van der Waals surface area (Å²) in [7, 11) is 0. The van der Waals surface area contributed by atoms with Gasteiger partial charge in [0.1, 0.15) is 5.69 Å². The number of para-hydroxylation sites is 1. The van der Waals surface area contributed by atoms with Crippen LogP contribution in [-0.2, 0) is 0 Å². The van der Waals surface area contributed by atoms with Gasteiger partial charge in [-0.15, -0.1) is 5.10 Å². The molecule has 1 aromatic carbocycles. The fourth-order valence-corrected chi connectivity index (χ4v) is 1.79. The van der Waals surface area contributed by atoms with Crippen molar-refractivity contribution in [3.63, 3.8) is 0 Å². The molecule has 0 radical (unpaired) electrons. The summed E-state index contributed by atoms with van der Waals surface area (Å²) in [6, 6.07) is 13.5. The van der Waals surface area contributed by atoms with Gasteiger partial charge >= 0.3 is 0 Å². The van der Waals surface area contributed by atoms with Crippen molar-refractivity contribution < 1.29 is 0 Å². The zero-order valence-corrected chi connectivity index (χ0v) is 10.5. The van der Waals surface area contributed by atoms with Gasteiger partial charge in [-0.2, -0.15) is 9.67 Å². The van der Waals surface area contributed by atoms with E-state index in [-0.39, 0.29) is 0 Å². The standard InChI is InChI=1S/C14H13N5/c1-10-7-8-12(16-9-10)13-17-14(15)19(18-13)11-5-3-2-4-6-11/h2-9H,1H3,(H2,15,17,18). The zero-order chi connectivity index (χ0) is 13.2. The highest BCUT2D eigenvalue weighted by Gasteiger charge is 2.11. The third kappa shape index (κ3) is 2.18. The molecule has 2 aromatic heterocycles. The summed E-state index contributed by atoms with van der Waals surface area (Å²) in [5, 5.41) is 4.40. The van der Waals surface area contributed by atoms with E-state index in [0.29, 0.717) is 17.5 Å². The smallest absolute Gasteiger partial charge is 0.223 e. The summed E-state index contributed by atoms with van der Waals surface area (Å²) in [6.45, 7) is 1.99. The Morgan fingerprint density at radius 1 is 1.05 bits per heavy atom. The van der Waals surface area contributed by atoms with Crippen LogP contribution in [0.5, 0.6) is 0 Å². The minimum absolute atomic E-state index is 0.351. The Balaban J connectivity index is 2.04. The highest BCUT2D eigenvalue weighted by atomic mass is 15.4. The van der Waals surface area contributed by atoms with Crippen LogP contribution >= 0.6 is 0 Å². The molecule has 0 aliphatic carbocycles. The molecule has 0 bridgehead atoms. The van der Waals surface area contributed by atoms with E-state index in [0.717, 1.165) is 11.3 Å². The van der Waals surface area contributed by atoms with Crippen LogP contribution < -0.4 is 5.73 Å². The summed E-state index contributed by atoms with van der Waals surface area (Å²) < 4.78 is 1.61. The van der Waals surface area contributed by atoms with Gasteiger partial charge in [0.15, 0.2) is 0 Å². The Morgan fingerprint density at radius 2 is 1.84 bits per heavy atom. The van der Waals surface area contributed by atoms with Crippen molar-refractivity contribution in [1.29, 1.82) is 0 Å². The lowest BCUT2D eigenvalue weighted by molar-refractivity contribution is 0.892. The number of aromatic nitrogens is 4. The molecule has 3 aromatic rings. The number of benzene rings is 1. The number of hydrogen-bond donors (Lipinski definition) is 1. The number of pyridine rings is 1. The van der Waals surface area contributed by atoms with Gasteiger partial charge in [0.25, 0.3) is 0 Å². The van der Waals surface area contributed by atoms with Crippen molar-refractivity contribution in [3.05, 3.63) is 54.2 Å². The van der Waals surface area contributed by atoms with Crippen LogP contribution in [0, 0.1) is 6.92 Å². The van der Waals surface area contributed by atoms with Gasteiger partial charge in [-0.25, -0.2) is 0 Å². The van der Waals surface area contributed by atoms with E-state index in [1.807, 2.05) is 49.4 Å². The number of nitrogens with zero attached hydrogens (tertiary/aromatic N) is 4. The minimum atomic E-state index is 0.351. The van der Waals surface area contributed by atoms with Gasteiger partial charge in [0, 0.05) is 6.20 Å². The lowest BCUT2D eigenvalue weighted by Crippen LogP contribution is -2.01. The molecule has 3 rings (SSSR count). The lowest BCUT2D eigenvalue weighted by atomic mass is 10.3. The van der Waals surface area contributed by atoms with E-state index < -0.39 is 0 Å². The first-order valence-electron chi connectivity index (χ1n) is 5.95. The Morgan fingerprint density at radius 3 is 2.53 bits per heavy atom. The predicted octanol–water partition coefficient (Wildman–Crippen LogP) is 2.22. The van der Waals surface area contributed by atoms with Crippen LogP contribution in [0.2, 0.25) is 0 Å². The van der Waals surface area contributed by atoms with Gasteiger partial charge in [0.2, 0.25) is 11.8 Å². The largest absolute Gasteiger partial charge is 0.368 e. The third-order valence-electron chi connectivity index (χ3n) is 2.77. The fourth-order valence-electron chi connectivity index (χ4n) is 1.79. The molecular formula is C14H13N5. The maximum atomic E-state index is 5.90. The molecule has 0 spiro atoms. The molecule has 0 aliphatic rings. The summed E-state index contributed by atoms with van der Waals surface area (Å²) in [6.07, 6.45) is 1.79. The third-order valence-corrected chi connectivity index (χ3v) is 2.77. The van der Waals surface area contributed by atoms with E-state index in [1.54, 1.807) is 10.9 Å². The van der Waals surface area contributed by atoms with Crippen molar-refractivity contribution in [2.24, 2.45) is 0 Å². The molecule has 19 heavy (non-hydrogen) atoms. The molecule has 5 nitrogen and oxygen atoms in total. The predicted molar refractivity (Wildman–Crippen MR) is 73.7 cm³/mol.